The van der Waals surface area contributed by atoms with Gasteiger partial charge in [-0.05, 0) is 11.1 Å². The Morgan fingerprint density at radius 3 is 1.88 bits per heavy atom. The quantitative estimate of drug-likeness (QED) is 0.708. The maximum absolute atomic E-state index is 11.2. The first-order valence-electron chi connectivity index (χ1n) is 7.79. The van der Waals surface area contributed by atoms with Crippen LogP contribution in [0.4, 0.5) is 0 Å². The Morgan fingerprint density at radius 2 is 1.36 bits per heavy atom. The molecule has 0 aliphatic rings. The second-order valence-electron chi connectivity index (χ2n) is 5.37. The Bertz CT molecular complexity index is 835. The molecule has 25 heavy (non-hydrogen) atoms. The van der Waals surface area contributed by atoms with Crippen molar-refractivity contribution in [2.75, 3.05) is 0 Å². The van der Waals surface area contributed by atoms with Gasteiger partial charge >= 0.3 is 5.97 Å². The molecule has 0 aliphatic heterocycles. The molecule has 0 spiro atoms. The summed E-state index contributed by atoms with van der Waals surface area (Å²) in [4.78, 5) is 15.1. The fourth-order valence-corrected chi connectivity index (χ4v) is 2.23. The van der Waals surface area contributed by atoms with Gasteiger partial charge in [-0.25, -0.2) is 9.78 Å². The zero-order valence-electron chi connectivity index (χ0n) is 13.5. The third kappa shape index (κ3) is 4.57. The topological polar surface area (TPSA) is 68.7 Å². The molecule has 0 amide bonds. The standard InChI is InChI=1S/C20H17NO4/c22-20(23)17-11-18(24-13-15-7-3-1-4-8-15)19(12-21-17)25-14-16-9-5-2-6-10-16/h1-12H,13-14H2,(H,22,23). The molecule has 1 aromatic heterocycles. The van der Waals surface area contributed by atoms with Crippen molar-refractivity contribution in [2.45, 2.75) is 13.2 Å². The van der Waals surface area contributed by atoms with E-state index in [1.165, 1.54) is 12.3 Å². The molecule has 1 N–H and O–H groups in total. The molecule has 0 bridgehead atoms. The van der Waals surface area contributed by atoms with Crippen LogP contribution in [0, 0.1) is 0 Å². The largest absolute Gasteiger partial charge is 0.485 e. The van der Waals surface area contributed by atoms with Gasteiger partial charge in [0, 0.05) is 6.07 Å². The summed E-state index contributed by atoms with van der Waals surface area (Å²) in [5.41, 5.74) is 1.89. The summed E-state index contributed by atoms with van der Waals surface area (Å²) in [6.07, 6.45) is 1.38. The number of carboxylic acids is 1. The van der Waals surface area contributed by atoms with Crippen LogP contribution < -0.4 is 9.47 Å². The molecule has 3 rings (SSSR count). The van der Waals surface area contributed by atoms with Crippen molar-refractivity contribution in [1.82, 2.24) is 4.98 Å². The molecule has 2 aromatic carbocycles. The van der Waals surface area contributed by atoms with Crippen LogP contribution in [0.1, 0.15) is 21.6 Å². The van der Waals surface area contributed by atoms with Gasteiger partial charge in [0.25, 0.3) is 0 Å². The molecule has 5 nitrogen and oxygen atoms in total. The predicted octanol–water partition coefficient (Wildman–Crippen LogP) is 3.94. The Balaban J connectivity index is 1.77. The number of benzene rings is 2. The molecule has 0 radical (unpaired) electrons. The SMILES string of the molecule is O=C(O)c1cc(OCc2ccccc2)c(OCc2ccccc2)cn1. The third-order valence-corrected chi connectivity index (χ3v) is 3.52. The maximum Gasteiger partial charge on any atom is 0.354 e. The summed E-state index contributed by atoms with van der Waals surface area (Å²) in [5.74, 6) is -0.351. The van der Waals surface area contributed by atoms with Gasteiger partial charge in [0.05, 0.1) is 6.20 Å². The summed E-state index contributed by atoms with van der Waals surface area (Å²) in [6, 6.07) is 20.7. The average molecular weight is 335 g/mol. The van der Waals surface area contributed by atoms with E-state index in [1.54, 1.807) is 0 Å². The van der Waals surface area contributed by atoms with Crippen molar-refractivity contribution < 1.29 is 19.4 Å². The number of aromatic nitrogens is 1. The molecule has 0 fully saturated rings. The summed E-state index contributed by atoms with van der Waals surface area (Å²) in [7, 11) is 0. The fraction of sp³-hybridized carbons (Fsp3) is 0.100. The minimum absolute atomic E-state index is 0.0878. The van der Waals surface area contributed by atoms with E-state index in [4.69, 9.17) is 14.6 Å². The number of hydrogen-bond donors (Lipinski definition) is 1. The van der Waals surface area contributed by atoms with E-state index in [9.17, 15) is 4.79 Å². The molecular weight excluding hydrogens is 318 g/mol. The van der Waals surface area contributed by atoms with Gasteiger partial charge in [0.1, 0.15) is 13.2 Å². The Labute approximate surface area is 145 Å². The lowest BCUT2D eigenvalue weighted by Gasteiger charge is -2.13. The highest BCUT2D eigenvalue weighted by atomic mass is 16.5. The lowest BCUT2D eigenvalue weighted by Crippen LogP contribution is -2.05. The van der Waals surface area contributed by atoms with Crippen molar-refractivity contribution in [2.24, 2.45) is 0 Å². The highest BCUT2D eigenvalue weighted by Gasteiger charge is 2.13. The van der Waals surface area contributed by atoms with Crippen LogP contribution in [0.25, 0.3) is 0 Å². The summed E-state index contributed by atoms with van der Waals surface area (Å²) < 4.78 is 11.5. The van der Waals surface area contributed by atoms with Gasteiger partial charge in [0.15, 0.2) is 17.2 Å². The normalized spacial score (nSPS) is 10.2. The van der Waals surface area contributed by atoms with Gasteiger partial charge in [0.2, 0.25) is 0 Å². The number of ether oxygens (including phenoxy) is 2. The van der Waals surface area contributed by atoms with Gasteiger partial charge in [-0.3, -0.25) is 0 Å². The molecule has 0 saturated heterocycles. The monoisotopic (exact) mass is 335 g/mol. The Hall–Kier alpha value is -3.34. The minimum Gasteiger partial charge on any atom is -0.485 e. The number of carbonyl (C=O) groups is 1. The van der Waals surface area contributed by atoms with Gasteiger partial charge < -0.3 is 14.6 Å². The van der Waals surface area contributed by atoms with Gasteiger partial charge in [-0.2, -0.15) is 0 Å². The number of hydrogen-bond acceptors (Lipinski definition) is 4. The fourth-order valence-electron chi connectivity index (χ4n) is 2.23. The molecule has 126 valence electrons. The van der Waals surface area contributed by atoms with Crippen molar-refractivity contribution in [3.8, 4) is 11.5 Å². The van der Waals surface area contributed by atoms with Gasteiger partial charge in [-0.1, -0.05) is 60.7 Å². The van der Waals surface area contributed by atoms with Crippen molar-refractivity contribution in [3.63, 3.8) is 0 Å². The predicted molar refractivity (Wildman–Crippen MR) is 92.7 cm³/mol. The van der Waals surface area contributed by atoms with Gasteiger partial charge in [-0.15, -0.1) is 0 Å². The van der Waals surface area contributed by atoms with E-state index in [0.29, 0.717) is 24.7 Å². The number of pyridine rings is 1. The number of rotatable bonds is 7. The minimum atomic E-state index is -1.11. The first kappa shape index (κ1) is 16.5. The van der Waals surface area contributed by atoms with E-state index >= 15 is 0 Å². The second-order valence-corrected chi connectivity index (χ2v) is 5.37. The highest BCUT2D eigenvalue weighted by Crippen LogP contribution is 2.28. The Kier molecular flexibility index (Phi) is 5.26. The van der Waals surface area contributed by atoms with E-state index in [0.717, 1.165) is 11.1 Å². The first-order chi connectivity index (χ1) is 12.2. The lowest BCUT2D eigenvalue weighted by atomic mass is 10.2. The molecular formula is C20H17NO4. The molecule has 5 heteroatoms. The zero-order valence-corrected chi connectivity index (χ0v) is 13.5. The molecule has 0 atom stereocenters. The van der Waals surface area contributed by atoms with Crippen molar-refractivity contribution in [3.05, 3.63) is 89.7 Å². The number of nitrogens with zero attached hydrogens (tertiary/aromatic N) is 1. The summed E-state index contributed by atoms with van der Waals surface area (Å²) in [6.45, 7) is 0.655. The molecule has 3 aromatic rings. The first-order valence-corrected chi connectivity index (χ1v) is 7.79. The maximum atomic E-state index is 11.2. The zero-order chi connectivity index (χ0) is 17.5. The van der Waals surface area contributed by atoms with Crippen molar-refractivity contribution in [1.29, 1.82) is 0 Å². The van der Waals surface area contributed by atoms with E-state index in [2.05, 4.69) is 4.98 Å². The van der Waals surface area contributed by atoms with Crippen LogP contribution in [-0.2, 0) is 13.2 Å². The van der Waals surface area contributed by atoms with Crippen molar-refractivity contribution >= 4 is 5.97 Å². The summed E-state index contributed by atoms with van der Waals surface area (Å²) in [5, 5.41) is 9.13. The van der Waals surface area contributed by atoms with Crippen LogP contribution in [0.5, 0.6) is 11.5 Å². The van der Waals surface area contributed by atoms with Crippen LogP contribution >= 0.6 is 0 Å². The smallest absolute Gasteiger partial charge is 0.354 e. The van der Waals surface area contributed by atoms with E-state index in [1.807, 2.05) is 60.7 Å². The lowest BCUT2D eigenvalue weighted by molar-refractivity contribution is 0.0689. The second kappa shape index (κ2) is 7.97. The third-order valence-electron chi connectivity index (χ3n) is 3.52. The molecule has 0 saturated carbocycles. The van der Waals surface area contributed by atoms with Crippen LogP contribution in [0.15, 0.2) is 72.9 Å². The van der Waals surface area contributed by atoms with E-state index < -0.39 is 5.97 Å². The summed E-state index contributed by atoms with van der Waals surface area (Å²) >= 11 is 0. The van der Waals surface area contributed by atoms with Crippen LogP contribution in [-0.4, -0.2) is 16.1 Å². The number of carboxylic acid groups (broad SMARTS) is 1. The molecule has 0 aliphatic carbocycles. The van der Waals surface area contributed by atoms with E-state index in [-0.39, 0.29) is 5.69 Å². The molecule has 0 unspecified atom stereocenters. The number of aromatic carboxylic acids is 1. The Morgan fingerprint density at radius 1 is 0.840 bits per heavy atom. The average Bonchev–Trinajstić information content (AvgIpc) is 2.66. The highest BCUT2D eigenvalue weighted by molar-refractivity contribution is 5.86. The molecule has 1 heterocycles. The van der Waals surface area contributed by atoms with Crippen LogP contribution in [0.3, 0.4) is 0 Å². The van der Waals surface area contributed by atoms with Crippen LogP contribution in [0.2, 0.25) is 0 Å².